The first-order valence-electron chi connectivity index (χ1n) is 3.55. The highest BCUT2D eigenvalue weighted by atomic mass is 35.5. The molecule has 0 spiro atoms. The second-order valence-corrected chi connectivity index (χ2v) is 4.52. The molecule has 0 saturated heterocycles. The minimum atomic E-state index is -0.140. The van der Waals surface area contributed by atoms with Crippen molar-refractivity contribution < 1.29 is 0 Å². The van der Waals surface area contributed by atoms with E-state index in [1.807, 2.05) is 0 Å². The predicted octanol–water partition coefficient (Wildman–Crippen LogP) is 2.13. The van der Waals surface area contributed by atoms with Crippen LogP contribution in [0.1, 0.15) is 25.7 Å². The molecule has 0 rings (SSSR count). The summed E-state index contributed by atoms with van der Waals surface area (Å²) in [5.41, 5.74) is 0. The number of unbranched alkanes of at least 4 members (excludes halogenated alkanes) is 2. The van der Waals surface area contributed by atoms with Gasteiger partial charge in [-0.1, -0.05) is 25.3 Å². The van der Waals surface area contributed by atoms with E-state index in [9.17, 15) is 0 Å². The monoisotopic (exact) mass is 184 g/mol. The van der Waals surface area contributed by atoms with Gasteiger partial charge in [-0.3, -0.25) is 0 Å². The molecule has 56 valence electrons. The van der Waals surface area contributed by atoms with Crippen molar-refractivity contribution >= 4 is 33.4 Å². The summed E-state index contributed by atoms with van der Waals surface area (Å²) in [7, 11) is 1.34. The van der Waals surface area contributed by atoms with Crippen LogP contribution >= 0.6 is 23.2 Å². The number of alkyl halides is 2. The molecule has 0 unspecified atom stereocenters. The fourth-order valence-corrected chi connectivity index (χ4v) is 1.53. The smallest absolute Gasteiger partial charge is 0.105 e. The third-order valence-electron chi connectivity index (χ3n) is 1.28. The van der Waals surface area contributed by atoms with E-state index in [1.165, 1.54) is 35.5 Å². The largest absolute Gasteiger partial charge is 0.107 e. The van der Waals surface area contributed by atoms with Gasteiger partial charge in [-0.25, -0.2) is 0 Å². The number of rotatable bonds is 5. The summed E-state index contributed by atoms with van der Waals surface area (Å²) in [5.74, 6) is 0. The Morgan fingerprint density at radius 3 is 2.22 bits per heavy atom. The molecule has 0 aromatic rings. The van der Waals surface area contributed by atoms with Crippen LogP contribution in [0.15, 0.2) is 0 Å². The van der Waals surface area contributed by atoms with E-state index in [0.717, 1.165) is 6.42 Å². The normalized spacial score (nSPS) is 11.0. The van der Waals surface area contributed by atoms with Gasteiger partial charge in [0.15, 0.2) is 0 Å². The first-order chi connectivity index (χ1) is 4.27. The van der Waals surface area contributed by atoms with Crippen molar-refractivity contribution in [3.05, 3.63) is 0 Å². The van der Waals surface area contributed by atoms with E-state index in [4.69, 9.17) is 23.2 Å². The first kappa shape index (κ1) is 9.80. The average Bonchev–Trinajstić information content (AvgIpc) is 1.80. The summed E-state index contributed by atoms with van der Waals surface area (Å²) < 4.78 is 0. The molecule has 0 heterocycles. The minimum Gasteiger partial charge on any atom is -0.105 e. The average molecular weight is 185 g/mol. The van der Waals surface area contributed by atoms with Gasteiger partial charge in [0.1, 0.15) is 4.84 Å². The van der Waals surface area contributed by atoms with Crippen molar-refractivity contribution in [1.29, 1.82) is 0 Å². The lowest BCUT2D eigenvalue weighted by Crippen LogP contribution is -1.86. The highest BCUT2D eigenvalue weighted by molar-refractivity contribution is 6.44. The summed E-state index contributed by atoms with van der Waals surface area (Å²) in [6, 6.07) is 1.41. The third-order valence-corrected chi connectivity index (χ3v) is 2.42. The maximum Gasteiger partial charge on any atom is 0.107 e. The van der Waals surface area contributed by atoms with Crippen molar-refractivity contribution in [3.8, 4) is 0 Å². The van der Waals surface area contributed by atoms with E-state index in [0.29, 0.717) is 0 Å². The lowest BCUT2D eigenvalue weighted by Gasteiger charge is -1.98. The molecule has 0 bridgehead atoms. The highest BCUT2D eigenvalue weighted by Gasteiger charge is 1.96. The maximum absolute atomic E-state index is 5.53. The molecule has 0 aliphatic carbocycles. The van der Waals surface area contributed by atoms with Gasteiger partial charge in [0.25, 0.3) is 0 Å². The van der Waals surface area contributed by atoms with Crippen LogP contribution in [0, 0.1) is 0 Å². The Labute approximate surface area is 70.3 Å². The molecule has 0 aliphatic heterocycles. The van der Waals surface area contributed by atoms with Crippen molar-refractivity contribution in [2.75, 3.05) is 0 Å². The fraction of sp³-hybridized carbons (Fsp3) is 1.00. The van der Waals surface area contributed by atoms with Gasteiger partial charge < -0.3 is 0 Å². The minimum absolute atomic E-state index is 0.140. The molecule has 9 heavy (non-hydrogen) atoms. The Kier molecular flexibility index (Phi) is 7.52. The molecule has 0 fully saturated rings. The summed E-state index contributed by atoms with van der Waals surface area (Å²) in [5, 5.41) is 0. The van der Waals surface area contributed by atoms with Crippen LogP contribution < -0.4 is 0 Å². The third kappa shape index (κ3) is 8.80. The summed E-state index contributed by atoms with van der Waals surface area (Å²) >= 11 is 11.1. The van der Waals surface area contributed by atoms with Crippen LogP contribution in [-0.2, 0) is 0 Å². The number of hydrogen-bond donors (Lipinski definition) is 0. The molecular weight excluding hydrogens is 171 g/mol. The second kappa shape index (κ2) is 6.91. The lowest BCUT2D eigenvalue weighted by atomic mass is 10.2. The second-order valence-electron chi connectivity index (χ2n) is 2.24. The van der Waals surface area contributed by atoms with Crippen molar-refractivity contribution in [2.45, 2.75) is 36.6 Å². The van der Waals surface area contributed by atoms with Crippen LogP contribution in [-0.4, -0.2) is 15.1 Å². The van der Waals surface area contributed by atoms with E-state index < -0.39 is 0 Å². The Morgan fingerprint density at radius 2 is 1.78 bits per heavy atom. The summed E-state index contributed by atoms with van der Waals surface area (Å²) in [4.78, 5) is -0.140. The van der Waals surface area contributed by atoms with E-state index in [1.54, 1.807) is 0 Å². The summed E-state index contributed by atoms with van der Waals surface area (Å²) in [6.45, 7) is 0. The molecule has 0 nitrogen and oxygen atoms in total. The molecule has 0 saturated carbocycles. The molecule has 0 radical (unpaired) electrons. The van der Waals surface area contributed by atoms with Gasteiger partial charge >= 0.3 is 0 Å². The molecule has 0 aromatic heterocycles. The zero-order valence-electron chi connectivity index (χ0n) is 5.87. The van der Waals surface area contributed by atoms with Crippen LogP contribution in [0.4, 0.5) is 0 Å². The molecule has 0 aromatic carbocycles. The van der Waals surface area contributed by atoms with Gasteiger partial charge in [0.05, 0.1) is 0 Å². The molecule has 0 atom stereocenters. The first-order valence-corrected chi connectivity index (χ1v) is 5.84. The Bertz CT molecular complexity index is 57.0. The van der Waals surface area contributed by atoms with Crippen molar-refractivity contribution in [3.63, 3.8) is 0 Å². The quantitative estimate of drug-likeness (QED) is 0.349. The van der Waals surface area contributed by atoms with Gasteiger partial charge in [-0.15, -0.1) is 23.2 Å². The van der Waals surface area contributed by atoms with Gasteiger partial charge in [0.2, 0.25) is 0 Å². The van der Waals surface area contributed by atoms with E-state index in [-0.39, 0.29) is 4.84 Å². The molecule has 0 amide bonds. The SMILES string of the molecule is [SiH3]CCCCCC(Cl)Cl. The van der Waals surface area contributed by atoms with Crippen LogP contribution in [0.2, 0.25) is 6.04 Å². The van der Waals surface area contributed by atoms with E-state index >= 15 is 0 Å². The van der Waals surface area contributed by atoms with Crippen molar-refractivity contribution in [2.24, 2.45) is 0 Å². The fourth-order valence-electron chi connectivity index (χ4n) is 0.725. The topological polar surface area (TPSA) is 0 Å². The molecule has 0 N–H and O–H groups in total. The van der Waals surface area contributed by atoms with Gasteiger partial charge in [-0.05, 0) is 6.42 Å². The standard InChI is InChI=1S/C6H14Cl2Si/c7-6(8)4-2-1-3-5-9/h6H,1-5H2,9H3. The molecular formula is C6H14Cl2Si. The number of halogens is 2. The zero-order valence-corrected chi connectivity index (χ0v) is 9.38. The maximum atomic E-state index is 5.53. The van der Waals surface area contributed by atoms with Crippen LogP contribution in [0.3, 0.4) is 0 Å². The van der Waals surface area contributed by atoms with Crippen LogP contribution in [0.5, 0.6) is 0 Å². The van der Waals surface area contributed by atoms with Gasteiger partial charge in [0, 0.05) is 10.2 Å². The van der Waals surface area contributed by atoms with E-state index in [2.05, 4.69) is 0 Å². The Hall–Kier alpha value is 0.797. The lowest BCUT2D eigenvalue weighted by molar-refractivity contribution is 0.692. The molecule has 0 aliphatic rings. The predicted molar refractivity (Wildman–Crippen MR) is 48.7 cm³/mol. The zero-order chi connectivity index (χ0) is 7.11. The highest BCUT2D eigenvalue weighted by Crippen LogP contribution is 2.12. The van der Waals surface area contributed by atoms with Crippen LogP contribution in [0.25, 0.3) is 0 Å². The van der Waals surface area contributed by atoms with Gasteiger partial charge in [-0.2, -0.15) is 0 Å². The molecule has 3 heteroatoms. The Balaban J connectivity index is 2.75. The summed E-state index contributed by atoms with van der Waals surface area (Å²) in [6.07, 6.45) is 4.83. The Morgan fingerprint density at radius 1 is 1.11 bits per heavy atom. The van der Waals surface area contributed by atoms with Crippen molar-refractivity contribution in [1.82, 2.24) is 0 Å². The number of hydrogen-bond acceptors (Lipinski definition) is 0.